The zero-order valence-electron chi connectivity index (χ0n) is 36.8. The van der Waals surface area contributed by atoms with E-state index in [2.05, 4.69) is 6.58 Å². The van der Waals surface area contributed by atoms with E-state index in [1.807, 2.05) is 159 Å². The zero-order chi connectivity index (χ0) is 48.1. The number of furan rings is 1. The van der Waals surface area contributed by atoms with E-state index < -0.39 is 43.1 Å². The van der Waals surface area contributed by atoms with E-state index in [-0.39, 0.29) is 66.0 Å². The van der Waals surface area contributed by atoms with Gasteiger partial charge in [-0.1, -0.05) is 195 Å². The van der Waals surface area contributed by atoms with Crippen LogP contribution in [0, 0.1) is 49.4 Å². The van der Waals surface area contributed by atoms with Gasteiger partial charge in [-0.15, -0.1) is 0 Å². The standard InChI is InChI=1S/C23H12F3NO4.C18H15OP.C15H15OP.Eu/c24-23(25,26)21(29)19-20(28)15-10-14-13-8-4-5-9-17(13)31-18(14)11-16(15)27(22(19)30)12-6-2-1-3-7-12;19-20(16-10-4-1-5-11-16,17-12-6-2-7-13-17)18-14-8-3-9-15-18;1-13(2)17(16,14-9-5-3-6-10-14)15-11-7-4-8-12-15;/h1-11,28H;1-15H;3-12H,1H2,2H3;. The smallest absolute Gasteiger partial charge is 0.455 e. The summed E-state index contributed by atoms with van der Waals surface area (Å²) in [6.07, 6.45) is -5.33. The number of nitrogens with zero attached hydrogens (tertiary/aromatic N) is 1. The quantitative estimate of drug-likeness (QED) is 0.120. The molecule has 2 heterocycles. The molecule has 10 aromatic rings. The molecule has 0 aliphatic heterocycles. The van der Waals surface area contributed by atoms with Crippen molar-refractivity contribution in [1.29, 1.82) is 0 Å². The SMILES string of the molecule is C=C(C)P(=O)(c1ccccc1)c1ccccc1.O=C(c1c(O)c2cc3c(cc2n(-c2ccccc2)c1=O)oc1ccccc13)C(F)(F)F.O=P(c1ccccc1)(c1ccccc1)c1ccccc1.[Eu]. The van der Waals surface area contributed by atoms with Gasteiger partial charge in [-0.2, -0.15) is 13.2 Å². The zero-order valence-corrected chi connectivity index (χ0v) is 41.0. The molecule has 0 saturated heterocycles. The summed E-state index contributed by atoms with van der Waals surface area (Å²) in [4.78, 5) is 25.1. The van der Waals surface area contributed by atoms with Gasteiger partial charge in [0, 0.05) is 104 Å². The molecule has 0 fully saturated rings. The van der Waals surface area contributed by atoms with Crippen molar-refractivity contribution in [3.63, 3.8) is 0 Å². The molecule has 0 unspecified atom stereocenters. The molecular formula is C56H42EuF3NO6P2. The second-order valence-electron chi connectivity index (χ2n) is 15.6. The van der Waals surface area contributed by atoms with E-state index in [9.17, 15) is 37.0 Å². The van der Waals surface area contributed by atoms with Crippen molar-refractivity contribution in [3.05, 3.63) is 246 Å². The second kappa shape index (κ2) is 21.6. The number of ketones is 1. The topological polar surface area (TPSA) is 107 Å². The fourth-order valence-electron chi connectivity index (χ4n) is 8.00. The summed E-state index contributed by atoms with van der Waals surface area (Å²) in [5.74, 6) is -3.42. The number of carbonyl (C=O) groups excluding carboxylic acids is 1. The Morgan fingerprint density at radius 3 is 1.36 bits per heavy atom. The Kier molecular flexibility index (Phi) is 15.9. The second-order valence-corrected chi connectivity index (χ2v) is 21.4. The van der Waals surface area contributed by atoms with Gasteiger partial charge >= 0.3 is 6.18 Å². The van der Waals surface area contributed by atoms with Gasteiger partial charge in [-0.05, 0) is 36.5 Å². The van der Waals surface area contributed by atoms with Gasteiger partial charge in [0.15, 0.2) is 14.3 Å². The summed E-state index contributed by atoms with van der Waals surface area (Å²) in [7, 11) is -5.47. The molecule has 0 saturated carbocycles. The number of para-hydroxylation sites is 2. The fourth-order valence-corrected chi connectivity index (χ4v) is 13.0. The molecule has 0 aliphatic rings. The number of aromatic nitrogens is 1. The molecule has 2 aromatic heterocycles. The maximum absolute atomic E-state index is 13.8. The maximum Gasteiger partial charge on any atom is 0.455 e. The Morgan fingerprint density at radius 1 is 0.551 bits per heavy atom. The normalized spacial score (nSPS) is 11.4. The number of aromatic hydroxyl groups is 1. The number of Topliss-reactive ketones (excluding diaryl/α,β-unsaturated/α-hetero) is 1. The van der Waals surface area contributed by atoms with Gasteiger partial charge in [0.2, 0.25) is 0 Å². The molecular weight excluding hydrogens is 1050 g/mol. The molecule has 0 aliphatic carbocycles. The van der Waals surface area contributed by atoms with Crippen LogP contribution in [0.2, 0.25) is 0 Å². The van der Waals surface area contributed by atoms with Gasteiger partial charge in [0.1, 0.15) is 22.5 Å². The molecule has 1 N–H and O–H groups in total. The predicted octanol–water partition coefficient (Wildman–Crippen LogP) is 12.2. The largest absolute Gasteiger partial charge is 0.506 e. The number of hydrogen-bond acceptors (Lipinski definition) is 6. The van der Waals surface area contributed by atoms with Crippen LogP contribution in [0.1, 0.15) is 17.3 Å². The first-order valence-electron chi connectivity index (χ1n) is 21.3. The number of rotatable bonds is 8. The first kappa shape index (κ1) is 50.7. The van der Waals surface area contributed by atoms with Crippen LogP contribution in [0.3, 0.4) is 0 Å². The summed E-state index contributed by atoms with van der Waals surface area (Å²) in [5, 5.41) is 16.8. The Labute approximate surface area is 436 Å². The van der Waals surface area contributed by atoms with E-state index in [4.69, 9.17) is 4.42 Å². The van der Waals surface area contributed by atoms with Crippen molar-refractivity contribution in [2.75, 3.05) is 0 Å². The third-order valence-electron chi connectivity index (χ3n) is 11.3. The summed E-state index contributed by atoms with van der Waals surface area (Å²) in [6, 6.07) is 66.1. The Bertz CT molecular complexity index is 3430. The number of carbonyl (C=O) groups is 1. The van der Waals surface area contributed by atoms with Crippen molar-refractivity contribution in [2.24, 2.45) is 0 Å². The van der Waals surface area contributed by atoms with E-state index in [1.54, 1.807) is 42.5 Å². The van der Waals surface area contributed by atoms with Crippen molar-refractivity contribution >= 4 is 79.4 Å². The van der Waals surface area contributed by atoms with E-state index in [0.29, 0.717) is 21.9 Å². The molecule has 0 atom stereocenters. The van der Waals surface area contributed by atoms with Crippen LogP contribution in [0.5, 0.6) is 5.75 Å². The Hall–Kier alpha value is -6.19. The van der Waals surface area contributed by atoms with Gasteiger partial charge in [-0.3, -0.25) is 14.2 Å². The number of halogens is 3. The summed E-state index contributed by atoms with van der Waals surface area (Å²) in [6.45, 7) is 5.75. The van der Waals surface area contributed by atoms with Crippen LogP contribution in [0.25, 0.3) is 38.5 Å². The fraction of sp³-hybridized carbons (Fsp3) is 0.0357. The minimum absolute atomic E-state index is 0. The van der Waals surface area contributed by atoms with E-state index in [1.165, 1.54) is 24.3 Å². The van der Waals surface area contributed by atoms with Crippen molar-refractivity contribution in [3.8, 4) is 11.4 Å². The van der Waals surface area contributed by atoms with Crippen LogP contribution < -0.4 is 32.1 Å². The number of alkyl halides is 3. The third-order valence-corrected chi connectivity index (χ3v) is 17.5. The number of allylic oxidation sites excluding steroid dienone is 1. The number of benzene rings is 8. The molecule has 345 valence electrons. The third kappa shape index (κ3) is 10.3. The Morgan fingerprint density at radius 2 is 0.942 bits per heavy atom. The molecule has 0 amide bonds. The van der Waals surface area contributed by atoms with Crippen LogP contribution in [-0.2, 0) is 9.13 Å². The molecule has 7 nitrogen and oxygen atoms in total. The van der Waals surface area contributed by atoms with Crippen molar-refractivity contribution < 1.29 is 86.0 Å². The molecule has 0 bridgehead atoms. The molecule has 0 spiro atoms. The van der Waals surface area contributed by atoms with Crippen molar-refractivity contribution in [2.45, 2.75) is 13.1 Å². The molecule has 8 aromatic carbocycles. The van der Waals surface area contributed by atoms with E-state index in [0.717, 1.165) is 36.4 Å². The van der Waals surface area contributed by atoms with Gasteiger partial charge in [0.25, 0.3) is 11.3 Å². The summed E-state index contributed by atoms with van der Waals surface area (Å²) < 4.78 is 73.5. The van der Waals surface area contributed by atoms with Crippen LogP contribution in [0.4, 0.5) is 13.2 Å². The van der Waals surface area contributed by atoms with Gasteiger partial charge in [0.05, 0.1) is 5.52 Å². The van der Waals surface area contributed by atoms with Crippen LogP contribution in [-0.4, -0.2) is 21.6 Å². The minimum atomic E-state index is -5.33. The minimum Gasteiger partial charge on any atom is -0.506 e. The molecule has 10 rings (SSSR count). The van der Waals surface area contributed by atoms with Gasteiger partial charge < -0.3 is 18.7 Å². The van der Waals surface area contributed by atoms with E-state index >= 15 is 0 Å². The average Bonchev–Trinajstić information content (AvgIpc) is 3.74. The summed E-state index contributed by atoms with van der Waals surface area (Å²) in [5.41, 5.74) is -1.33. The monoisotopic (exact) mass is 1100 g/mol. The molecule has 1 radical (unpaired) electrons. The predicted molar refractivity (Wildman–Crippen MR) is 269 cm³/mol. The molecule has 13 heteroatoms. The number of pyridine rings is 1. The van der Waals surface area contributed by atoms with Crippen LogP contribution in [0.15, 0.2) is 239 Å². The van der Waals surface area contributed by atoms with Gasteiger partial charge in [-0.25, -0.2) is 0 Å². The first-order chi connectivity index (χ1) is 32.7. The number of fused-ring (bicyclic) bond motifs is 4. The average molecular weight is 1100 g/mol. The number of hydrogen-bond donors (Lipinski definition) is 1. The molecule has 69 heavy (non-hydrogen) atoms. The van der Waals surface area contributed by atoms with Crippen LogP contribution >= 0.6 is 14.3 Å². The van der Waals surface area contributed by atoms with Crippen molar-refractivity contribution in [1.82, 2.24) is 4.57 Å². The first-order valence-corrected chi connectivity index (χ1v) is 24.7. The summed E-state index contributed by atoms with van der Waals surface area (Å²) >= 11 is 0. The Balaban J connectivity index is 0.000000161. The maximum atomic E-state index is 13.8.